The summed E-state index contributed by atoms with van der Waals surface area (Å²) in [6.07, 6.45) is -1.27. The van der Waals surface area contributed by atoms with E-state index < -0.39 is 24.1 Å². The van der Waals surface area contributed by atoms with Gasteiger partial charge in [-0.3, -0.25) is 9.59 Å². The zero-order valence-corrected chi connectivity index (χ0v) is 10.6. The molecule has 0 amide bonds. The number of ether oxygens (including phenoxy) is 2. The first-order valence-corrected chi connectivity index (χ1v) is 5.58. The van der Waals surface area contributed by atoms with Crippen LogP contribution in [0.3, 0.4) is 0 Å². The van der Waals surface area contributed by atoms with Gasteiger partial charge in [0, 0.05) is 6.92 Å². The van der Waals surface area contributed by atoms with E-state index in [2.05, 4.69) is 0 Å². The standard InChI is InChI=1S/C10H11NO5.C2H4O2/c11-8(10(13)14)9(12)5-1-2-6-7(3-5)16-4-15-6;1-2(3)4/h1-3,8-9,12H,4,11H2,(H,13,14);1H3,(H,3,4)/t8-,9+;/m0./s1. The quantitative estimate of drug-likeness (QED) is 0.606. The van der Waals surface area contributed by atoms with Crippen molar-refractivity contribution in [1.82, 2.24) is 0 Å². The van der Waals surface area contributed by atoms with Gasteiger partial charge in [0.05, 0.1) is 0 Å². The molecular weight excluding hydrogens is 270 g/mol. The summed E-state index contributed by atoms with van der Waals surface area (Å²) in [7, 11) is 0. The summed E-state index contributed by atoms with van der Waals surface area (Å²) in [5.74, 6) is -1.04. The van der Waals surface area contributed by atoms with E-state index in [0.717, 1.165) is 6.92 Å². The van der Waals surface area contributed by atoms with Crippen LogP contribution in [0.1, 0.15) is 18.6 Å². The first kappa shape index (κ1) is 15.7. The van der Waals surface area contributed by atoms with Gasteiger partial charge < -0.3 is 30.5 Å². The van der Waals surface area contributed by atoms with Gasteiger partial charge in [0.1, 0.15) is 12.1 Å². The fourth-order valence-electron chi connectivity index (χ4n) is 1.44. The van der Waals surface area contributed by atoms with Gasteiger partial charge in [0.15, 0.2) is 11.5 Å². The Hall–Kier alpha value is -2.32. The summed E-state index contributed by atoms with van der Waals surface area (Å²) in [5, 5.41) is 25.8. The molecule has 0 saturated carbocycles. The molecule has 8 heteroatoms. The van der Waals surface area contributed by atoms with Crippen LogP contribution in [0.5, 0.6) is 11.5 Å². The van der Waals surface area contributed by atoms with Crippen molar-refractivity contribution in [3.05, 3.63) is 23.8 Å². The molecule has 0 bridgehead atoms. The molecule has 110 valence electrons. The van der Waals surface area contributed by atoms with E-state index >= 15 is 0 Å². The van der Waals surface area contributed by atoms with Crippen LogP contribution in [-0.2, 0) is 9.59 Å². The summed E-state index contributed by atoms with van der Waals surface area (Å²) in [6.45, 7) is 1.21. The SMILES string of the molecule is CC(=O)O.N[C@H](C(=O)O)[C@H](O)c1ccc2c(c1)OCO2. The number of hydrogen-bond donors (Lipinski definition) is 4. The van der Waals surface area contributed by atoms with E-state index in [4.69, 9.17) is 30.2 Å². The Morgan fingerprint density at radius 3 is 2.35 bits per heavy atom. The Labute approximate surface area is 114 Å². The highest BCUT2D eigenvalue weighted by atomic mass is 16.7. The molecule has 0 saturated heterocycles. The van der Waals surface area contributed by atoms with Crippen molar-refractivity contribution < 1.29 is 34.4 Å². The fourth-order valence-corrected chi connectivity index (χ4v) is 1.44. The third-order valence-corrected chi connectivity index (χ3v) is 2.36. The van der Waals surface area contributed by atoms with Crippen LogP contribution in [0.25, 0.3) is 0 Å². The molecule has 5 N–H and O–H groups in total. The minimum atomic E-state index is -1.36. The van der Waals surface area contributed by atoms with Crippen molar-refractivity contribution in [3.8, 4) is 11.5 Å². The Morgan fingerprint density at radius 2 is 1.80 bits per heavy atom. The highest BCUT2D eigenvalue weighted by Crippen LogP contribution is 2.34. The van der Waals surface area contributed by atoms with Crippen LogP contribution in [0.4, 0.5) is 0 Å². The van der Waals surface area contributed by atoms with Gasteiger partial charge in [-0.15, -0.1) is 0 Å². The number of carboxylic acids is 2. The maximum Gasteiger partial charge on any atom is 0.323 e. The lowest BCUT2D eigenvalue weighted by atomic mass is 10.0. The molecule has 0 aliphatic carbocycles. The van der Waals surface area contributed by atoms with Crippen LogP contribution >= 0.6 is 0 Å². The zero-order chi connectivity index (χ0) is 15.3. The Kier molecular flexibility index (Phi) is 5.30. The minimum absolute atomic E-state index is 0.125. The van der Waals surface area contributed by atoms with Gasteiger partial charge >= 0.3 is 5.97 Å². The lowest BCUT2D eigenvalue weighted by Gasteiger charge is -2.15. The van der Waals surface area contributed by atoms with Gasteiger partial charge in [-0.1, -0.05) is 6.07 Å². The molecule has 0 fully saturated rings. The number of carboxylic acid groups (broad SMARTS) is 2. The molecule has 0 unspecified atom stereocenters. The highest BCUT2D eigenvalue weighted by molar-refractivity contribution is 5.74. The summed E-state index contributed by atoms with van der Waals surface area (Å²) >= 11 is 0. The molecular formula is C12H15NO7. The number of fused-ring (bicyclic) bond motifs is 1. The third-order valence-electron chi connectivity index (χ3n) is 2.36. The van der Waals surface area contributed by atoms with Gasteiger partial charge in [0.25, 0.3) is 5.97 Å². The molecule has 0 radical (unpaired) electrons. The molecule has 1 aromatic carbocycles. The topological polar surface area (TPSA) is 139 Å². The fraction of sp³-hybridized carbons (Fsp3) is 0.333. The Balaban J connectivity index is 0.000000444. The highest BCUT2D eigenvalue weighted by Gasteiger charge is 2.25. The van der Waals surface area contributed by atoms with Crippen molar-refractivity contribution in [3.63, 3.8) is 0 Å². The van der Waals surface area contributed by atoms with Crippen molar-refractivity contribution >= 4 is 11.9 Å². The lowest BCUT2D eigenvalue weighted by molar-refractivity contribution is -0.141. The van der Waals surface area contributed by atoms with Crippen molar-refractivity contribution in [2.45, 2.75) is 19.1 Å². The summed E-state index contributed by atoms with van der Waals surface area (Å²) in [4.78, 5) is 19.6. The summed E-state index contributed by atoms with van der Waals surface area (Å²) in [6, 6.07) is 3.33. The molecule has 2 rings (SSSR count). The Morgan fingerprint density at radius 1 is 1.25 bits per heavy atom. The van der Waals surface area contributed by atoms with Crippen LogP contribution < -0.4 is 15.2 Å². The van der Waals surface area contributed by atoms with E-state index in [0.29, 0.717) is 17.1 Å². The first-order chi connectivity index (χ1) is 9.32. The molecule has 1 aliphatic rings. The lowest BCUT2D eigenvalue weighted by Crippen LogP contribution is -2.36. The minimum Gasteiger partial charge on any atom is -0.481 e. The van der Waals surface area contributed by atoms with Crippen molar-refractivity contribution in [2.75, 3.05) is 6.79 Å². The molecule has 8 nitrogen and oxygen atoms in total. The van der Waals surface area contributed by atoms with Gasteiger partial charge in [-0.2, -0.15) is 0 Å². The van der Waals surface area contributed by atoms with Crippen LogP contribution in [0.2, 0.25) is 0 Å². The number of aliphatic carboxylic acids is 2. The number of rotatable bonds is 3. The largest absolute Gasteiger partial charge is 0.481 e. The van der Waals surface area contributed by atoms with Gasteiger partial charge in [0.2, 0.25) is 6.79 Å². The molecule has 1 aromatic rings. The van der Waals surface area contributed by atoms with E-state index in [1.54, 1.807) is 12.1 Å². The summed E-state index contributed by atoms with van der Waals surface area (Å²) < 4.78 is 10.2. The molecule has 1 heterocycles. The number of benzene rings is 1. The maximum absolute atomic E-state index is 10.6. The number of carbonyl (C=O) groups is 2. The zero-order valence-electron chi connectivity index (χ0n) is 10.6. The summed E-state index contributed by atoms with van der Waals surface area (Å²) in [5.41, 5.74) is 5.70. The van der Waals surface area contributed by atoms with E-state index in [1.165, 1.54) is 6.07 Å². The predicted octanol–water partition coefficient (Wildman–Crippen LogP) is -0.0485. The predicted molar refractivity (Wildman–Crippen MR) is 66.4 cm³/mol. The number of aliphatic hydroxyl groups excluding tert-OH is 1. The van der Waals surface area contributed by atoms with E-state index in [-0.39, 0.29) is 6.79 Å². The normalized spacial score (nSPS) is 14.8. The monoisotopic (exact) mass is 285 g/mol. The first-order valence-electron chi connectivity index (χ1n) is 5.58. The molecule has 0 aromatic heterocycles. The van der Waals surface area contributed by atoms with Gasteiger partial charge in [-0.05, 0) is 17.7 Å². The third kappa shape index (κ3) is 4.11. The van der Waals surface area contributed by atoms with Crippen molar-refractivity contribution in [2.24, 2.45) is 5.73 Å². The van der Waals surface area contributed by atoms with Crippen LogP contribution in [0.15, 0.2) is 18.2 Å². The van der Waals surface area contributed by atoms with Gasteiger partial charge in [-0.25, -0.2) is 0 Å². The molecule has 1 aliphatic heterocycles. The van der Waals surface area contributed by atoms with Crippen LogP contribution in [0, 0.1) is 0 Å². The van der Waals surface area contributed by atoms with E-state index in [9.17, 15) is 9.90 Å². The molecule has 0 spiro atoms. The maximum atomic E-state index is 10.6. The van der Waals surface area contributed by atoms with E-state index in [1.807, 2.05) is 0 Å². The second-order valence-electron chi connectivity index (χ2n) is 3.94. The smallest absolute Gasteiger partial charge is 0.323 e. The number of aliphatic hydroxyl groups is 1. The Bertz CT molecular complexity index is 499. The second kappa shape index (κ2) is 6.73. The number of nitrogens with two attached hydrogens (primary N) is 1. The van der Waals surface area contributed by atoms with Crippen LogP contribution in [-0.4, -0.2) is 40.1 Å². The number of hydrogen-bond acceptors (Lipinski definition) is 6. The van der Waals surface area contributed by atoms with Crippen molar-refractivity contribution in [1.29, 1.82) is 0 Å². The average molecular weight is 285 g/mol. The molecule has 20 heavy (non-hydrogen) atoms. The molecule has 2 atom stereocenters. The average Bonchev–Trinajstić information content (AvgIpc) is 2.83. The second-order valence-corrected chi connectivity index (χ2v) is 3.94.